The number of ketones is 2. The van der Waals surface area contributed by atoms with Crippen molar-refractivity contribution < 1.29 is 9.59 Å². The molecule has 0 aliphatic carbocycles. The molecule has 9 heavy (non-hydrogen) atoms. The van der Waals surface area contributed by atoms with Gasteiger partial charge in [0.25, 0.3) is 0 Å². The van der Waals surface area contributed by atoms with Crippen molar-refractivity contribution in [3.8, 4) is 0 Å². The molecule has 0 atom stereocenters. The van der Waals surface area contributed by atoms with Crippen molar-refractivity contribution in [3.05, 3.63) is 0 Å². The van der Waals surface area contributed by atoms with E-state index in [0.717, 1.165) is 0 Å². The predicted octanol–water partition coefficient (Wildman–Crippen LogP) is 1.19. The smallest absolute Gasteiger partial charge is 0.200 e. The lowest BCUT2D eigenvalue weighted by Gasteiger charge is -1.98. The highest BCUT2D eigenvalue weighted by Gasteiger charge is 2.14. The van der Waals surface area contributed by atoms with Crippen molar-refractivity contribution in [1.82, 2.24) is 0 Å². The average Bonchev–Trinajstić information content (AvgIpc) is 1.84. The van der Waals surface area contributed by atoms with E-state index in [9.17, 15) is 9.59 Å². The fourth-order valence-electron chi connectivity index (χ4n) is 0.496. The standard InChI is InChI=1S/C7H12O2/c1-4-6(8)7(9)5(2)3/h5H,4H2,1-3H3. The van der Waals surface area contributed by atoms with E-state index in [1.165, 1.54) is 0 Å². The zero-order valence-corrected chi connectivity index (χ0v) is 6.10. The van der Waals surface area contributed by atoms with Crippen LogP contribution in [0.25, 0.3) is 0 Å². The summed E-state index contributed by atoms with van der Waals surface area (Å²) in [5.41, 5.74) is 0. The SMILES string of the molecule is CCC(=O)C(=O)C(C)C. The Kier molecular flexibility index (Phi) is 3.13. The van der Waals surface area contributed by atoms with E-state index in [2.05, 4.69) is 0 Å². The van der Waals surface area contributed by atoms with Crippen LogP contribution in [0.5, 0.6) is 0 Å². The van der Waals surface area contributed by atoms with Gasteiger partial charge in [0.2, 0.25) is 5.78 Å². The molecule has 0 rings (SSSR count). The topological polar surface area (TPSA) is 34.1 Å². The molecule has 0 fully saturated rings. The maximum Gasteiger partial charge on any atom is 0.200 e. The highest BCUT2D eigenvalue weighted by molar-refractivity contribution is 6.37. The number of rotatable bonds is 3. The van der Waals surface area contributed by atoms with Gasteiger partial charge in [-0.2, -0.15) is 0 Å². The second-order valence-electron chi connectivity index (χ2n) is 2.30. The highest BCUT2D eigenvalue weighted by Crippen LogP contribution is 1.96. The molecule has 0 saturated carbocycles. The van der Waals surface area contributed by atoms with Gasteiger partial charge in [0, 0.05) is 12.3 Å². The first-order valence-corrected chi connectivity index (χ1v) is 3.16. The van der Waals surface area contributed by atoms with Crippen LogP contribution in [0.4, 0.5) is 0 Å². The van der Waals surface area contributed by atoms with E-state index in [4.69, 9.17) is 0 Å². The summed E-state index contributed by atoms with van der Waals surface area (Å²) in [5.74, 6) is -0.653. The van der Waals surface area contributed by atoms with Gasteiger partial charge in [-0.15, -0.1) is 0 Å². The van der Waals surface area contributed by atoms with Gasteiger partial charge in [0.15, 0.2) is 5.78 Å². The molecule has 52 valence electrons. The van der Waals surface area contributed by atoms with E-state index >= 15 is 0 Å². The second-order valence-corrected chi connectivity index (χ2v) is 2.30. The third-order valence-electron chi connectivity index (χ3n) is 1.12. The molecule has 0 N–H and O–H groups in total. The fraction of sp³-hybridized carbons (Fsp3) is 0.714. The van der Waals surface area contributed by atoms with Gasteiger partial charge in [0.1, 0.15) is 0 Å². The predicted molar refractivity (Wildman–Crippen MR) is 35.1 cm³/mol. The van der Waals surface area contributed by atoms with Gasteiger partial charge >= 0.3 is 0 Å². The monoisotopic (exact) mass is 128 g/mol. The van der Waals surface area contributed by atoms with Gasteiger partial charge in [-0.05, 0) is 0 Å². The molecule has 2 heteroatoms. The van der Waals surface area contributed by atoms with Crippen LogP contribution in [0.3, 0.4) is 0 Å². The quantitative estimate of drug-likeness (QED) is 0.535. The van der Waals surface area contributed by atoms with Crippen molar-refractivity contribution in [2.45, 2.75) is 27.2 Å². The molecule has 0 aliphatic heterocycles. The first-order valence-electron chi connectivity index (χ1n) is 3.16. The average molecular weight is 128 g/mol. The fourth-order valence-corrected chi connectivity index (χ4v) is 0.496. The Morgan fingerprint density at radius 1 is 1.33 bits per heavy atom. The Morgan fingerprint density at radius 2 is 1.78 bits per heavy atom. The van der Waals surface area contributed by atoms with Crippen LogP contribution in [0, 0.1) is 5.92 Å². The van der Waals surface area contributed by atoms with Crippen LogP contribution in [-0.2, 0) is 9.59 Å². The van der Waals surface area contributed by atoms with Gasteiger partial charge in [-0.25, -0.2) is 0 Å². The maximum atomic E-state index is 10.7. The number of hydrogen-bond acceptors (Lipinski definition) is 2. The largest absolute Gasteiger partial charge is 0.291 e. The number of carbonyl (C=O) groups excluding carboxylic acids is 2. The molecular formula is C7H12O2. The minimum absolute atomic E-state index is 0.141. The zero-order valence-electron chi connectivity index (χ0n) is 6.10. The lowest BCUT2D eigenvalue weighted by Crippen LogP contribution is -2.18. The summed E-state index contributed by atoms with van der Waals surface area (Å²) in [6.07, 6.45) is 0.330. The molecule has 0 bridgehead atoms. The van der Waals surface area contributed by atoms with Crippen LogP contribution in [0.1, 0.15) is 27.2 Å². The summed E-state index contributed by atoms with van der Waals surface area (Å²) in [6, 6.07) is 0. The number of Topliss-reactive ketones (excluding diaryl/α,β-unsaturated/α-hetero) is 2. The Labute approximate surface area is 55.3 Å². The Balaban J connectivity index is 3.89. The molecule has 0 amide bonds. The van der Waals surface area contributed by atoms with Crippen molar-refractivity contribution in [3.63, 3.8) is 0 Å². The van der Waals surface area contributed by atoms with Crippen molar-refractivity contribution in [1.29, 1.82) is 0 Å². The molecule has 0 heterocycles. The van der Waals surface area contributed by atoms with Crippen LogP contribution in [0.2, 0.25) is 0 Å². The summed E-state index contributed by atoms with van der Waals surface area (Å²) < 4.78 is 0. The number of carbonyl (C=O) groups is 2. The zero-order chi connectivity index (χ0) is 7.44. The molecule has 2 nitrogen and oxygen atoms in total. The third kappa shape index (κ3) is 2.40. The van der Waals surface area contributed by atoms with E-state index in [1.54, 1.807) is 20.8 Å². The van der Waals surface area contributed by atoms with E-state index in [-0.39, 0.29) is 17.5 Å². The minimum Gasteiger partial charge on any atom is -0.291 e. The lowest BCUT2D eigenvalue weighted by atomic mass is 10.0. The van der Waals surface area contributed by atoms with Crippen LogP contribution in [-0.4, -0.2) is 11.6 Å². The van der Waals surface area contributed by atoms with E-state index in [0.29, 0.717) is 6.42 Å². The van der Waals surface area contributed by atoms with Gasteiger partial charge in [0.05, 0.1) is 0 Å². The highest BCUT2D eigenvalue weighted by atomic mass is 16.2. The summed E-state index contributed by atoms with van der Waals surface area (Å²) in [7, 11) is 0. The van der Waals surface area contributed by atoms with Crippen molar-refractivity contribution in [2.24, 2.45) is 5.92 Å². The van der Waals surface area contributed by atoms with Gasteiger partial charge < -0.3 is 0 Å². The molecule has 0 aliphatic rings. The Morgan fingerprint density at radius 3 is 1.89 bits per heavy atom. The van der Waals surface area contributed by atoms with Crippen molar-refractivity contribution in [2.75, 3.05) is 0 Å². The molecule has 0 aromatic rings. The van der Waals surface area contributed by atoms with Gasteiger partial charge in [-0.3, -0.25) is 9.59 Å². The van der Waals surface area contributed by atoms with Crippen LogP contribution in [0.15, 0.2) is 0 Å². The minimum atomic E-state index is -0.259. The van der Waals surface area contributed by atoms with Gasteiger partial charge in [-0.1, -0.05) is 20.8 Å². The molecule has 0 aromatic carbocycles. The van der Waals surface area contributed by atoms with Crippen LogP contribution >= 0.6 is 0 Å². The molecule has 0 aromatic heterocycles. The molecule has 0 radical (unpaired) electrons. The summed E-state index contributed by atoms with van der Waals surface area (Å²) in [5, 5.41) is 0. The Bertz CT molecular complexity index is 125. The molecule has 0 unspecified atom stereocenters. The van der Waals surface area contributed by atoms with E-state index < -0.39 is 0 Å². The maximum absolute atomic E-state index is 10.7. The molecule has 0 saturated heterocycles. The lowest BCUT2D eigenvalue weighted by molar-refractivity contribution is -0.138. The second kappa shape index (κ2) is 3.38. The third-order valence-corrected chi connectivity index (χ3v) is 1.12. The molecule has 0 spiro atoms. The summed E-state index contributed by atoms with van der Waals surface area (Å²) in [4.78, 5) is 21.3. The first-order chi connectivity index (χ1) is 4.09. The normalized spacial score (nSPS) is 9.78. The van der Waals surface area contributed by atoms with Crippen LogP contribution < -0.4 is 0 Å². The number of hydrogen-bond donors (Lipinski definition) is 0. The van der Waals surface area contributed by atoms with E-state index in [1.807, 2.05) is 0 Å². The summed E-state index contributed by atoms with van der Waals surface area (Å²) >= 11 is 0. The molecular weight excluding hydrogens is 116 g/mol. The van der Waals surface area contributed by atoms with Crippen molar-refractivity contribution >= 4 is 11.6 Å². The summed E-state index contributed by atoms with van der Waals surface area (Å²) in [6.45, 7) is 5.16. The Hall–Kier alpha value is -0.660. The first kappa shape index (κ1) is 8.34.